The smallest absolute Gasteiger partial charge is 0.386 e. The average molecular weight is 907 g/mol. The van der Waals surface area contributed by atoms with Crippen LogP contribution < -0.4 is 22.1 Å². The van der Waals surface area contributed by atoms with Crippen LogP contribution in [0.25, 0.3) is 11.2 Å². The Balaban J connectivity index is 1.20. The molecule has 0 bridgehead atoms. The second-order valence-corrected chi connectivity index (χ2v) is 19.5. The Morgan fingerprint density at radius 2 is 1.71 bits per heavy atom. The number of thioether (sulfide) groups is 1. The number of hydrogen-bond acceptors (Lipinski definition) is 19. The third kappa shape index (κ3) is 13.8. The maximum absolute atomic E-state index is 12.7. The van der Waals surface area contributed by atoms with Crippen LogP contribution in [-0.2, 0) is 50.7 Å². The van der Waals surface area contributed by atoms with Crippen LogP contribution in [0.2, 0.25) is 0 Å². The van der Waals surface area contributed by atoms with Crippen LogP contribution in [0.15, 0.2) is 12.7 Å². The molecule has 25 nitrogen and oxygen atoms in total. The van der Waals surface area contributed by atoms with E-state index in [4.69, 9.17) is 25.3 Å². The molecule has 3 heterocycles. The van der Waals surface area contributed by atoms with E-state index in [1.807, 2.05) is 0 Å². The summed E-state index contributed by atoms with van der Waals surface area (Å²) in [5.74, 6) is -0.614. The molecule has 2 aromatic heterocycles. The lowest BCUT2D eigenvalue weighted by molar-refractivity contribution is -0.137. The molecule has 2 fully saturated rings. The Kier molecular flexibility index (Phi) is 16.9. The fourth-order valence-corrected chi connectivity index (χ4v) is 9.74. The van der Waals surface area contributed by atoms with E-state index >= 15 is 0 Å². The lowest BCUT2D eigenvalue weighted by atomic mass is 9.83. The van der Waals surface area contributed by atoms with Gasteiger partial charge in [0.1, 0.15) is 36.3 Å². The fraction of sp³-hybridized carbons (Fsp3) is 0.724. The number of nitrogens with zero attached hydrogens (tertiary/aromatic N) is 4. The fourth-order valence-electron chi connectivity index (χ4n) is 6.03. The van der Waals surface area contributed by atoms with Crippen LogP contribution in [-0.4, -0.2) is 129 Å². The van der Waals surface area contributed by atoms with Crippen molar-refractivity contribution in [1.29, 1.82) is 0 Å². The van der Waals surface area contributed by atoms with Crippen molar-refractivity contribution < 1.29 is 80.5 Å². The largest absolute Gasteiger partial charge is 0.481 e. The molecule has 1 aliphatic carbocycles. The monoisotopic (exact) mass is 906 g/mol. The summed E-state index contributed by atoms with van der Waals surface area (Å²) in [7, 11) is -16.4. The number of imidazole rings is 1. The van der Waals surface area contributed by atoms with E-state index in [0.717, 1.165) is 54.7 Å². The van der Waals surface area contributed by atoms with Gasteiger partial charge in [-0.25, -0.2) is 28.6 Å². The lowest BCUT2D eigenvalue weighted by Crippen LogP contribution is -2.46. The molecule has 2 aliphatic rings. The van der Waals surface area contributed by atoms with Gasteiger partial charge in [-0.1, -0.05) is 25.6 Å². The number of carbonyl (C=O) groups excluding carboxylic acids is 3. The van der Waals surface area contributed by atoms with Gasteiger partial charge in [0.2, 0.25) is 11.8 Å². The summed E-state index contributed by atoms with van der Waals surface area (Å²) in [6, 6.07) is 0. The maximum Gasteiger partial charge on any atom is 0.481 e. The van der Waals surface area contributed by atoms with Crippen molar-refractivity contribution in [2.24, 2.45) is 23.0 Å². The molecule has 7 atom stereocenters. The van der Waals surface area contributed by atoms with E-state index in [9.17, 15) is 57.9 Å². The van der Waals surface area contributed by atoms with Gasteiger partial charge in [-0.2, -0.15) is 4.31 Å². The number of rotatable bonds is 21. The first-order chi connectivity index (χ1) is 27.0. The highest BCUT2D eigenvalue weighted by Crippen LogP contribution is 2.61. The van der Waals surface area contributed by atoms with Crippen LogP contribution in [0.5, 0.6) is 0 Å². The summed E-state index contributed by atoms with van der Waals surface area (Å²) in [4.78, 5) is 88.2. The van der Waals surface area contributed by atoms with Gasteiger partial charge < -0.3 is 56.6 Å². The minimum absolute atomic E-state index is 0.0134. The molecule has 328 valence electrons. The number of carbonyl (C=O) groups is 3. The molecule has 12 N–H and O–H groups in total. The van der Waals surface area contributed by atoms with Crippen LogP contribution in [0.1, 0.15) is 52.2 Å². The molecule has 1 saturated carbocycles. The van der Waals surface area contributed by atoms with Gasteiger partial charge in [-0.05, 0) is 38.1 Å². The first-order valence-electron chi connectivity index (χ1n) is 17.8. The van der Waals surface area contributed by atoms with E-state index in [-0.39, 0.29) is 47.5 Å². The van der Waals surface area contributed by atoms with Crippen molar-refractivity contribution in [3.05, 3.63) is 12.7 Å². The molecular weight excluding hydrogens is 857 g/mol. The van der Waals surface area contributed by atoms with Gasteiger partial charge >= 0.3 is 23.5 Å². The van der Waals surface area contributed by atoms with Gasteiger partial charge in [0.25, 0.3) is 0 Å². The third-order valence-corrected chi connectivity index (χ3v) is 13.4. The molecule has 58 heavy (non-hydrogen) atoms. The number of phosphoric acid groups is 3. The van der Waals surface area contributed by atoms with Crippen molar-refractivity contribution in [2.75, 3.05) is 44.3 Å². The quantitative estimate of drug-likeness (QED) is 0.0554. The number of hydrogen-bond donors (Lipinski definition) is 10. The molecular formula is C29H49N8O17P3S. The van der Waals surface area contributed by atoms with Gasteiger partial charge in [0.05, 0.1) is 19.5 Å². The van der Waals surface area contributed by atoms with E-state index in [2.05, 4.69) is 34.4 Å². The number of nitrogen functional groups attached to an aromatic ring is 1. The minimum Gasteiger partial charge on any atom is -0.386 e. The van der Waals surface area contributed by atoms with E-state index < -0.39 is 84.6 Å². The topological polar surface area (TPSA) is 390 Å². The number of nitrogens with two attached hydrogens (primary N) is 2. The van der Waals surface area contributed by atoms with Crippen LogP contribution in [0, 0.1) is 17.3 Å². The van der Waals surface area contributed by atoms with E-state index in [1.54, 1.807) is 0 Å². The van der Waals surface area contributed by atoms with Crippen LogP contribution in [0.4, 0.5) is 5.82 Å². The molecule has 0 aromatic carbocycles. The SMILES string of the molecule is CC(C)(COP(=O)(O)OP(=O)(O)OCC1OC(n2cnc3c(N)ncnc32)C(O)C1OP(=O)(O)O)C(O)C(=O)NCCC(=O)NCCSC(=O)C1CCC(CN)CC1. The average Bonchev–Trinajstić information content (AvgIpc) is 3.71. The van der Waals surface area contributed by atoms with Gasteiger partial charge in [0, 0.05) is 36.6 Å². The van der Waals surface area contributed by atoms with Gasteiger partial charge in [-0.15, -0.1) is 0 Å². The zero-order valence-electron chi connectivity index (χ0n) is 31.3. The molecule has 2 aromatic rings. The van der Waals surface area contributed by atoms with E-state index in [0.29, 0.717) is 18.2 Å². The second-order valence-electron chi connectivity index (χ2n) is 14.2. The predicted octanol–water partition coefficient (Wildman–Crippen LogP) is -0.570. The summed E-state index contributed by atoms with van der Waals surface area (Å²) < 4.78 is 62.2. The second kappa shape index (κ2) is 20.4. The zero-order chi connectivity index (χ0) is 43.1. The van der Waals surface area contributed by atoms with Gasteiger partial charge in [0.15, 0.2) is 22.8 Å². The first-order valence-corrected chi connectivity index (χ1v) is 23.3. The van der Waals surface area contributed by atoms with Crippen molar-refractivity contribution in [1.82, 2.24) is 30.2 Å². The molecule has 0 spiro atoms. The number of phosphoric ester groups is 3. The van der Waals surface area contributed by atoms with Crippen molar-refractivity contribution >= 4 is 69.1 Å². The minimum atomic E-state index is -5.57. The Hall–Kier alpha value is -2.48. The molecule has 1 aliphatic heterocycles. The van der Waals surface area contributed by atoms with Gasteiger partial charge in [-0.3, -0.25) is 32.5 Å². The summed E-state index contributed by atoms with van der Waals surface area (Å²) in [5, 5.41) is 26.6. The lowest BCUT2D eigenvalue weighted by Gasteiger charge is -2.30. The normalized spacial score (nSPS) is 25.5. The first kappa shape index (κ1) is 48.2. The highest BCUT2D eigenvalue weighted by molar-refractivity contribution is 8.13. The van der Waals surface area contributed by atoms with Crippen molar-refractivity contribution in [3.8, 4) is 0 Å². The Morgan fingerprint density at radius 3 is 2.36 bits per heavy atom. The Morgan fingerprint density at radius 1 is 1.03 bits per heavy atom. The predicted molar refractivity (Wildman–Crippen MR) is 202 cm³/mol. The highest BCUT2D eigenvalue weighted by Gasteiger charge is 2.50. The number of aromatic nitrogens is 4. The molecule has 7 unspecified atom stereocenters. The molecule has 4 rings (SSSR count). The summed E-state index contributed by atoms with van der Waals surface area (Å²) >= 11 is 1.15. The van der Waals surface area contributed by atoms with Crippen molar-refractivity contribution in [3.63, 3.8) is 0 Å². The number of aliphatic hydroxyl groups excluding tert-OH is 2. The number of nitrogens with one attached hydrogen (secondary N) is 2. The number of amides is 2. The third-order valence-electron chi connectivity index (χ3n) is 9.26. The Labute approximate surface area is 335 Å². The zero-order valence-corrected chi connectivity index (χ0v) is 34.8. The van der Waals surface area contributed by atoms with E-state index in [1.165, 1.54) is 13.8 Å². The highest BCUT2D eigenvalue weighted by atomic mass is 32.2. The molecule has 2 amide bonds. The summed E-state index contributed by atoms with van der Waals surface area (Å²) in [6.07, 6.45) is -3.45. The van der Waals surface area contributed by atoms with Crippen molar-refractivity contribution in [2.45, 2.75) is 76.6 Å². The number of ether oxygens (including phenoxy) is 1. The maximum atomic E-state index is 12.7. The Bertz CT molecular complexity index is 1900. The number of aliphatic hydroxyl groups is 2. The molecule has 0 radical (unpaired) electrons. The molecule has 29 heteroatoms. The van der Waals surface area contributed by atoms with Crippen LogP contribution in [0.3, 0.4) is 0 Å². The van der Waals surface area contributed by atoms with Crippen LogP contribution >= 0.6 is 35.2 Å². The number of fused-ring (bicyclic) bond motifs is 1. The standard InChI is InChI=1S/C29H49N8O17P3S/c1-29(2,23(40)26(41)33-8-7-19(38)32-9-10-58-28(42)17-5-3-16(11-30)4-6-17)13-51-57(48,49)54-56(46,47)50-12-18-22(53-55(43,44)45)21(39)27(52-18)37-15-36-20-24(31)34-14-35-25(20)37/h14-18,21-23,27,39-40H,3-13,30H2,1-2H3,(H,32,38)(H,33,41)(H,46,47)(H,48,49)(H2,31,34,35)(H2,43,44,45). The summed E-state index contributed by atoms with van der Waals surface area (Å²) in [6.45, 7) is 1.15. The summed E-state index contributed by atoms with van der Waals surface area (Å²) in [5.41, 5.74) is 9.97. The number of anilines is 1. The molecule has 1 saturated heterocycles.